The summed E-state index contributed by atoms with van der Waals surface area (Å²) >= 11 is 0. The van der Waals surface area contributed by atoms with E-state index in [0.717, 1.165) is 17.2 Å². The zero-order valence-electron chi connectivity index (χ0n) is 21.8. The van der Waals surface area contributed by atoms with Crippen molar-refractivity contribution in [3.8, 4) is 0 Å². The monoisotopic (exact) mass is 550 g/mol. The highest BCUT2D eigenvalue weighted by atomic mass is 31.2. The van der Waals surface area contributed by atoms with E-state index in [4.69, 9.17) is 4.52 Å². The van der Waals surface area contributed by atoms with Gasteiger partial charge in [0.05, 0.1) is 28.5 Å². The summed E-state index contributed by atoms with van der Waals surface area (Å²) in [6.07, 6.45) is 0.470. The smallest absolute Gasteiger partial charge is 0.292 e. The zero-order chi connectivity index (χ0) is 28.3. The minimum Gasteiger partial charge on any atom is -0.378 e. The van der Waals surface area contributed by atoms with Crippen LogP contribution in [0.1, 0.15) is 22.3 Å². The number of amides is 1. The first-order valence-corrected chi connectivity index (χ1v) is 13.8. The summed E-state index contributed by atoms with van der Waals surface area (Å²) in [6.45, 7) is 3.94. The van der Waals surface area contributed by atoms with Gasteiger partial charge in [-0.15, -0.1) is 0 Å². The van der Waals surface area contributed by atoms with Gasteiger partial charge in [0.1, 0.15) is 0 Å². The molecule has 1 amide bonds. The number of carbonyl (C=O) groups excluding carboxylic acids is 1. The van der Waals surface area contributed by atoms with Crippen LogP contribution >= 0.6 is 7.52 Å². The van der Waals surface area contributed by atoms with Crippen LogP contribution < -0.4 is 15.3 Å². The van der Waals surface area contributed by atoms with E-state index in [-0.39, 0.29) is 24.7 Å². The van der Waals surface area contributed by atoms with Gasteiger partial charge in [0.2, 0.25) is 0 Å². The highest BCUT2D eigenvalue weighted by Crippen LogP contribution is 2.44. The molecule has 0 radical (unpaired) electrons. The number of anilines is 1. The van der Waals surface area contributed by atoms with Crippen molar-refractivity contribution in [3.05, 3.63) is 106 Å². The Morgan fingerprint density at radius 1 is 1.03 bits per heavy atom. The van der Waals surface area contributed by atoms with Crippen LogP contribution in [-0.2, 0) is 15.7 Å². The maximum Gasteiger partial charge on any atom is 0.292 e. The third-order valence-electron chi connectivity index (χ3n) is 5.59. The van der Waals surface area contributed by atoms with Crippen molar-refractivity contribution in [1.29, 1.82) is 0 Å². The lowest BCUT2D eigenvalue weighted by Gasteiger charge is -2.16. The number of nitrogens with one attached hydrogen (secondary N) is 2. The van der Waals surface area contributed by atoms with Crippen molar-refractivity contribution in [3.63, 3.8) is 0 Å². The number of para-hydroxylation sites is 1. The zero-order valence-corrected chi connectivity index (χ0v) is 22.7. The van der Waals surface area contributed by atoms with E-state index in [1.54, 1.807) is 42.5 Å². The first kappa shape index (κ1) is 29.4. The number of benzene rings is 3. The predicted molar refractivity (Wildman–Crippen MR) is 152 cm³/mol. The first-order chi connectivity index (χ1) is 18.7. The Bertz CT molecular complexity index is 1360. The molecule has 3 aromatic carbocycles. The van der Waals surface area contributed by atoms with Crippen molar-refractivity contribution in [1.82, 2.24) is 10.4 Å². The summed E-state index contributed by atoms with van der Waals surface area (Å²) < 4.78 is 18.3. The Balaban J connectivity index is 1.42. The van der Waals surface area contributed by atoms with Gasteiger partial charge in [-0.2, -0.15) is 10.2 Å². The molecule has 3 rings (SSSR count). The molecule has 0 saturated carbocycles. The van der Waals surface area contributed by atoms with Gasteiger partial charge in [-0.1, -0.05) is 18.7 Å². The summed E-state index contributed by atoms with van der Waals surface area (Å²) in [4.78, 5) is 25.1. The van der Waals surface area contributed by atoms with E-state index < -0.39 is 12.4 Å². The Morgan fingerprint density at radius 3 is 2.23 bits per heavy atom. The van der Waals surface area contributed by atoms with E-state index in [1.807, 2.05) is 43.3 Å². The number of hydrogen-bond donors (Lipinski definition) is 2. The number of rotatable bonds is 14. The van der Waals surface area contributed by atoms with Gasteiger partial charge in [-0.25, -0.2) is 5.09 Å². The maximum atomic E-state index is 12.8. The fourth-order valence-electron chi connectivity index (χ4n) is 3.38. The molecular formula is C27H31N6O5P. The quantitative estimate of drug-likeness (QED) is 0.0785. The summed E-state index contributed by atoms with van der Waals surface area (Å²) in [5.41, 5.74) is 3.09. The van der Waals surface area contributed by atoms with E-state index in [1.165, 1.54) is 6.07 Å². The second-order valence-corrected chi connectivity index (χ2v) is 10.7. The van der Waals surface area contributed by atoms with Crippen LogP contribution in [0.3, 0.4) is 0 Å². The van der Waals surface area contributed by atoms with Crippen molar-refractivity contribution < 1.29 is 18.8 Å². The topological polar surface area (TPSA) is 139 Å². The molecule has 0 heterocycles. The summed E-state index contributed by atoms with van der Waals surface area (Å²) in [5, 5.41) is 25.2. The van der Waals surface area contributed by atoms with Gasteiger partial charge < -0.3 is 14.7 Å². The molecule has 0 aliphatic rings. The molecule has 2 N–H and O–H groups in total. The number of nitro benzene ring substituents is 1. The molecule has 3 aromatic rings. The van der Waals surface area contributed by atoms with Crippen molar-refractivity contribution >= 4 is 36.2 Å². The Hall–Kier alpha value is -4.18. The molecular weight excluding hydrogens is 519 g/mol. The lowest BCUT2D eigenvalue weighted by atomic mass is 10.2. The highest BCUT2D eigenvalue weighted by Gasteiger charge is 2.21. The number of nitro groups is 1. The summed E-state index contributed by atoms with van der Waals surface area (Å²) in [7, 11) is 0.510. The van der Waals surface area contributed by atoms with Crippen LogP contribution in [0.25, 0.3) is 0 Å². The number of hydrogen-bond acceptors (Lipinski definition) is 8. The maximum absolute atomic E-state index is 12.8. The third kappa shape index (κ3) is 8.96. The van der Waals surface area contributed by atoms with Gasteiger partial charge in [0.15, 0.2) is 0 Å². The number of carbonyl (C=O) groups is 1. The molecule has 204 valence electrons. The van der Waals surface area contributed by atoms with Gasteiger partial charge in [0, 0.05) is 50.3 Å². The first-order valence-electron chi connectivity index (χ1n) is 12.1. The van der Waals surface area contributed by atoms with Crippen molar-refractivity contribution in [2.45, 2.75) is 13.0 Å². The van der Waals surface area contributed by atoms with E-state index >= 15 is 0 Å². The molecule has 0 spiro atoms. The Morgan fingerprint density at radius 2 is 1.64 bits per heavy atom. The standard InChI is InChI=1S/C27H31N6O5P/c1-4-39(37,38-20-22-8-5-6-9-26(22)33(35)36)29-19-7-18-28-27(34)21-10-12-23(13-11-21)30-31-24-14-16-25(17-15-24)32(2)3/h4-6,8-17H,1,7,18-20H2,2-3H3,(H,28,34)(H,29,37). The molecule has 0 aliphatic heterocycles. The second-order valence-electron chi connectivity index (χ2n) is 8.61. The number of azo groups is 1. The molecule has 12 heteroatoms. The van der Waals surface area contributed by atoms with Crippen LogP contribution in [0.15, 0.2) is 95.4 Å². The van der Waals surface area contributed by atoms with Gasteiger partial charge in [-0.3, -0.25) is 19.5 Å². The lowest BCUT2D eigenvalue weighted by Crippen LogP contribution is -2.26. The molecule has 0 aliphatic carbocycles. The minimum atomic E-state index is -3.42. The third-order valence-corrected chi connectivity index (χ3v) is 7.25. The average molecular weight is 551 g/mol. The van der Waals surface area contributed by atoms with E-state index in [0.29, 0.717) is 29.8 Å². The summed E-state index contributed by atoms with van der Waals surface area (Å²) in [6, 6.07) is 20.5. The Kier molecular flexibility index (Phi) is 10.6. The molecule has 1 unspecified atom stereocenters. The summed E-state index contributed by atoms with van der Waals surface area (Å²) in [5.74, 6) is 0.912. The van der Waals surface area contributed by atoms with E-state index in [9.17, 15) is 19.5 Å². The molecule has 1 atom stereocenters. The fraction of sp³-hybridized carbons (Fsp3) is 0.222. The SMILES string of the molecule is C=CP(=O)(NCCCNC(=O)c1ccc(N=Nc2ccc(N(C)C)cc2)cc1)OCc1ccccc1[N+](=O)[O-]. The largest absolute Gasteiger partial charge is 0.378 e. The number of nitrogens with zero attached hydrogens (tertiary/aromatic N) is 4. The van der Waals surface area contributed by atoms with Gasteiger partial charge >= 0.3 is 0 Å². The van der Waals surface area contributed by atoms with Crippen LogP contribution in [0.2, 0.25) is 0 Å². The van der Waals surface area contributed by atoms with Crippen molar-refractivity contribution in [2.75, 3.05) is 32.1 Å². The second kappa shape index (κ2) is 14.1. The molecule has 39 heavy (non-hydrogen) atoms. The van der Waals surface area contributed by atoms with Gasteiger partial charge in [-0.05, 0) is 61.0 Å². The van der Waals surface area contributed by atoms with Crippen LogP contribution in [0, 0.1) is 10.1 Å². The normalized spacial score (nSPS) is 12.6. The molecule has 0 fully saturated rings. The minimum absolute atomic E-state index is 0.109. The lowest BCUT2D eigenvalue weighted by molar-refractivity contribution is -0.385. The van der Waals surface area contributed by atoms with Crippen molar-refractivity contribution in [2.24, 2.45) is 10.2 Å². The predicted octanol–water partition coefficient (Wildman–Crippen LogP) is 6.34. The molecule has 11 nitrogen and oxygen atoms in total. The highest BCUT2D eigenvalue weighted by molar-refractivity contribution is 7.60. The Labute approximate surface area is 227 Å². The fourth-order valence-corrected chi connectivity index (χ4v) is 4.51. The van der Waals surface area contributed by atoms with E-state index in [2.05, 4.69) is 27.2 Å². The van der Waals surface area contributed by atoms with Gasteiger partial charge in [0.25, 0.3) is 19.1 Å². The van der Waals surface area contributed by atoms with Crippen LogP contribution in [-0.4, -0.2) is 38.0 Å². The van der Waals surface area contributed by atoms with Crippen LogP contribution in [0.5, 0.6) is 0 Å². The molecule has 0 bridgehead atoms. The average Bonchev–Trinajstić information content (AvgIpc) is 2.95. The van der Waals surface area contributed by atoms with Crippen LogP contribution in [0.4, 0.5) is 22.7 Å². The molecule has 0 aromatic heterocycles. The molecule has 0 saturated heterocycles.